The molecular weight excluding hydrogens is 944 g/mol. The summed E-state index contributed by atoms with van der Waals surface area (Å²) >= 11 is 10.9. The molecule has 0 aliphatic carbocycles. The van der Waals surface area contributed by atoms with Crippen LogP contribution >= 0.6 is 77.0 Å². The van der Waals surface area contributed by atoms with Gasteiger partial charge in [0.25, 0.3) is 0 Å². The van der Waals surface area contributed by atoms with Gasteiger partial charge in [0, 0.05) is 37.8 Å². The number of aromatic nitrogens is 4. The van der Waals surface area contributed by atoms with Crippen LogP contribution in [0, 0.1) is 18.8 Å². The predicted octanol–water partition coefficient (Wildman–Crippen LogP) is 6.83. The fourth-order valence-corrected chi connectivity index (χ4v) is 6.21. The highest BCUT2D eigenvalue weighted by molar-refractivity contribution is 14.1. The molecule has 0 fully saturated rings. The first-order chi connectivity index (χ1) is 21.5. The molecule has 1 unspecified atom stereocenters. The van der Waals surface area contributed by atoms with Gasteiger partial charge >= 0.3 is 0 Å². The Morgan fingerprint density at radius 2 is 1.42 bits per heavy atom. The molecule has 17 heteroatoms. The normalized spacial score (nSPS) is 13.0. The van der Waals surface area contributed by atoms with Crippen molar-refractivity contribution in [3.8, 4) is 0 Å². The van der Waals surface area contributed by atoms with Gasteiger partial charge in [-0.2, -0.15) is 20.4 Å². The second kappa shape index (κ2) is 17.9. The van der Waals surface area contributed by atoms with E-state index >= 15 is 0 Å². The summed E-state index contributed by atoms with van der Waals surface area (Å²) in [5, 5.41) is 26.0. The highest BCUT2D eigenvalue weighted by Crippen LogP contribution is 2.28. The van der Waals surface area contributed by atoms with E-state index in [1.807, 2.05) is 63.7 Å². The standard InChI is InChI=1S/C14H14BrFIN5O.C14H14BrFIN5/c1-2-22-14(15)9(6-20-22)13(23)12(7-19-18)21-11-4-3-8(16)5-10(11)17;1-2-22-14(15)9(7-20-22)5-11(8-19-18)21-13-4-3-10(16)6-12(13)17/h3-7,13,23H,2,18H2,1H3;3-4,6-8H,2,5,18H2,1H3. The van der Waals surface area contributed by atoms with Crippen molar-refractivity contribution in [2.45, 2.75) is 39.5 Å². The number of aliphatic hydroxyl groups is 1. The van der Waals surface area contributed by atoms with Crippen LogP contribution in [-0.2, 0) is 19.5 Å². The number of hydrogen-bond acceptors (Lipinski definition) is 9. The number of hydrogen-bond donors (Lipinski definition) is 3. The molecule has 0 spiro atoms. The van der Waals surface area contributed by atoms with Gasteiger partial charge in [-0.05, 0) is 127 Å². The zero-order valence-corrected chi connectivity index (χ0v) is 31.4. The molecule has 0 amide bonds. The maximum atomic E-state index is 13.2. The number of hydrazone groups is 2. The Kier molecular flexibility index (Phi) is 14.7. The van der Waals surface area contributed by atoms with Crippen molar-refractivity contribution in [3.63, 3.8) is 0 Å². The summed E-state index contributed by atoms with van der Waals surface area (Å²) in [7, 11) is 0. The van der Waals surface area contributed by atoms with Gasteiger partial charge in [0.05, 0.1) is 47.6 Å². The van der Waals surface area contributed by atoms with E-state index in [1.165, 1.54) is 42.8 Å². The quantitative estimate of drug-likeness (QED) is 0.0688. The molecule has 45 heavy (non-hydrogen) atoms. The van der Waals surface area contributed by atoms with Gasteiger partial charge in [0.2, 0.25) is 0 Å². The van der Waals surface area contributed by atoms with E-state index in [9.17, 15) is 13.9 Å². The van der Waals surface area contributed by atoms with E-state index in [0.717, 1.165) is 20.3 Å². The van der Waals surface area contributed by atoms with Crippen LogP contribution in [0.1, 0.15) is 31.1 Å². The molecular formula is C28H28Br2F2I2N10O. The van der Waals surface area contributed by atoms with Crippen LogP contribution in [0.25, 0.3) is 0 Å². The maximum absolute atomic E-state index is 13.2. The molecule has 0 aliphatic heterocycles. The minimum absolute atomic E-state index is 0.230. The van der Waals surface area contributed by atoms with E-state index in [4.69, 9.17) is 11.7 Å². The highest BCUT2D eigenvalue weighted by atomic mass is 127. The molecule has 238 valence electrons. The van der Waals surface area contributed by atoms with E-state index in [1.54, 1.807) is 23.1 Å². The summed E-state index contributed by atoms with van der Waals surface area (Å²) in [5.41, 5.74) is 3.62. The van der Waals surface area contributed by atoms with Crippen LogP contribution in [0.2, 0.25) is 0 Å². The van der Waals surface area contributed by atoms with Crippen molar-refractivity contribution in [2.24, 2.45) is 31.9 Å². The van der Waals surface area contributed by atoms with Gasteiger partial charge in [-0.25, -0.2) is 13.8 Å². The minimum atomic E-state index is -1.07. The molecule has 5 N–H and O–H groups in total. The summed E-state index contributed by atoms with van der Waals surface area (Å²) in [6, 6.07) is 8.62. The molecule has 2 heterocycles. The Bertz CT molecular complexity index is 1740. The molecule has 0 aliphatic rings. The molecule has 4 rings (SSSR count). The number of halogens is 6. The summed E-state index contributed by atoms with van der Waals surface area (Å²) in [5.74, 6) is 9.84. The smallest absolute Gasteiger partial charge is 0.127 e. The molecule has 0 saturated heterocycles. The second-order valence-corrected chi connectivity index (χ2v) is 12.8. The highest BCUT2D eigenvalue weighted by Gasteiger charge is 2.21. The zero-order chi connectivity index (χ0) is 33.1. The maximum Gasteiger partial charge on any atom is 0.127 e. The number of aliphatic hydroxyl groups excluding tert-OH is 1. The number of aliphatic imine (C=N–C) groups is 2. The van der Waals surface area contributed by atoms with E-state index in [-0.39, 0.29) is 17.3 Å². The predicted molar refractivity (Wildman–Crippen MR) is 198 cm³/mol. The second-order valence-electron chi connectivity index (χ2n) is 8.95. The van der Waals surface area contributed by atoms with Gasteiger partial charge in [0.1, 0.15) is 26.9 Å². The van der Waals surface area contributed by atoms with Crippen LogP contribution in [0.15, 0.2) is 78.2 Å². The van der Waals surface area contributed by atoms with Crippen molar-refractivity contribution in [1.82, 2.24) is 19.6 Å². The number of rotatable bonds is 10. The third-order valence-corrected chi connectivity index (χ3v) is 9.47. The Balaban J connectivity index is 0.000000246. The van der Waals surface area contributed by atoms with Crippen LogP contribution in [0.3, 0.4) is 0 Å². The van der Waals surface area contributed by atoms with Gasteiger partial charge in [-0.3, -0.25) is 14.4 Å². The van der Waals surface area contributed by atoms with E-state index < -0.39 is 6.10 Å². The van der Waals surface area contributed by atoms with E-state index in [2.05, 4.69) is 62.2 Å². The van der Waals surface area contributed by atoms with E-state index in [0.29, 0.717) is 43.8 Å². The fraction of sp³-hybridized carbons (Fsp3) is 0.214. The lowest BCUT2D eigenvalue weighted by molar-refractivity contribution is 0.249. The lowest BCUT2D eigenvalue weighted by Gasteiger charge is -2.10. The summed E-state index contributed by atoms with van der Waals surface area (Å²) in [6.07, 6.45) is 5.54. The SMILES string of the molecule is CCn1ncc(C(O)C(C=NN)=Nc2ccc(F)cc2I)c1Br.CCn1ncc(CC(C=NN)=Nc2ccc(F)cc2I)c1Br. The van der Waals surface area contributed by atoms with Gasteiger partial charge in [0.15, 0.2) is 0 Å². The Morgan fingerprint density at radius 3 is 1.91 bits per heavy atom. The van der Waals surface area contributed by atoms with Crippen molar-refractivity contribution < 1.29 is 13.9 Å². The minimum Gasteiger partial charge on any atom is -0.382 e. The summed E-state index contributed by atoms with van der Waals surface area (Å²) in [4.78, 5) is 8.86. The Labute approximate surface area is 302 Å². The van der Waals surface area contributed by atoms with Crippen LogP contribution in [0.4, 0.5) is 20.2 Å². The Hall–Kier alpha value is -2.62. The van der Waals surface area contributed by atoms with Crippen molar-refractivity contribution in [1.29, 1.82) is 0 Å². The summed E-state index contributed by atoms with van der Waals surface area (Å²) < 4.78 is 32.8. The number of aryl methyl sites for hydroxylation is 2. The van der Waals surface area contributed by atoms with Crippen molar-refractivity contribution >= 4 is 112 Å². The monoisotopic (exact) mass is 970 g/mol. The lowest BCUT2D eigenvalue weighted by atomic mass is 10.1. The average Bonchev–Trinajstić information content (AvgIpc) is 3.56. The molecule has 11 nitrogen and oxygen atoms in total. The van der Waals surface area contributed by atoms with Gasteiger partial charge in [-0.1, -0.05) is 0 Å². The van der Waals surface area contributed by atoms with Crippen LogP contribution in [0.5, 0.6) is 0 Å². The summed E-state index contributed by atoms with van der Waals surface area (Å²) in [6.45, 7) is 5.37. The molecule has 0 saturated carbocycles. The molecule has 2 aromatic heterocycles. The van der Waals surface area contributed by atoms with Gasteiger partial charge < -0.3 is 16.8 Å². The Morgan fingerprint density at radius 1 is 0.889 bits per heavy atom. The van der Waals surface area contributed by atoms with Crippen molar-refractivity contribution in [2.75, 3.05) is 0 Å². The van der Waals surface area contributed by atoms with Crippen molar-refractivity contribution in [3.05, 3.63) is 87.9 Å². The molecule has 0 bridgehead atoms. The molecule has 4 aromatic rings. The van der Waals surface area contributed by atoms with Crippen LogP contribution in [-0.4, -0.2) is 48.5 Å². The molecule has 2 aromatic carbocycles. The first-order valence-electron chi connectivity index (χ1n) is 13.1. The molecule has 1 atom stereocenters. The average molecular weight is 972 g/mol. The largest absolute Gasteiger partial charge is 0.382 e. The number of nitrogens with zero attached hydrogens (tertiary/aromatic N) is 8. The number of benzene rings is 2. The lowest BCUT2D eigenvalue weighted by Crippen LogP contribution is -2.15. The third-order valence-electron chi connectivity index (χ3n) is 5.95. The van der Waals surface area contributed by atoms with Gasteiger partial charge in [-0.15, -0.1) is 0 Å². The third kappa shape index (κ3) is 10.2. The molecule has 0 radical (unpaired) electrons. The fourth-order valence-electron chi connectivity index (χ4n) is 3.77. The first kappa shape index (κ1) is 36.8. The topological polar surface area (TPSA) is 157 Å². The van der Waals surface area contributed by atoms with Crippen LogP contribution < -0.4 is 11.7 Å². The number of nitrogens with two attached hydrogens (primary N) is 2. The zero-order valence-electron chi connectivity index (χ0n) is 23.9. The first-order valence-corrected chi connectivity index (χ1v) is 16.9.